The normalized spacial score (nSPS) is 15.9. The molecule has 35 heavy (non-hydrogen) atoms. The summed E-state index contributed by atoms with van der Waals surface area (Å²) in [6.07, 6.45) is 4.38. The smallest absolute Gasteiger partial charge is 0.309 e. The van der Waals surface area contributed by atoms with Crippen LogP contribution in [0.4, 0.5) is 0 Å². The molecule has 0 N–H and O–H groups in total. The van der Waals surface area contributed by atoms with E-state index in [1.807, 2.05) is 6.92 Å². The Balaban J connectivity index is 1.73. The summed E-state index contributed by atoms with van der Waals surface area (Å²) in [6, 6.07) is 7.92. The number of aromatic nitrogens is 1. The van der Waals surface area contributed by atoms with Crippen molar-refractivity contribution in [3.05, 3.63) is 52.8 Å². The van der Waals surface area contributed by atoms with Gasteiger partial charge in [-0.3, -0.25) is 14.4 Å². The summed E-state index contributed by atoms with van der Waals surface area (Å²) in [5.41, 5.74) is 3.58. The first-order chi connectivity index (χ1) is 16.6. The summed E-state index contributed by atoms with van der Waals surface area (Å²) in [7, 11) is 1.41. The van der Waals surface area contributed by atoms with Crippen molar-refractivity contribution in [1.29, 1.82) is 0 Å². The second kappa shape index (κ2) is 11.5. The fourth-order valence-corrected chi connectivity index (χ4v) is 4.75. The van der Waals surface area contributed by atoms with Gasteiger partial charge in [-0.25, -0.2) is 4.98 Å². The van der Waals surface area contributed by atoms with Crippen LogP contribution in [0.3, 0.4) is 0 Å². The average Bonchev–Trinajstić information content (AvgIpc) is 2.76. The van der Waals surface area contributed by atoms with E-state index < -0.39 is 23.6 Å². The van der Waals surface area contributed by atoms with E-state index in [2.05, 4.69) is 37.0 Å². The Bertz CT molecular complexity index is 1090. The maximum absolute atomic E-state index is 13.0. The van der Waals surface area contributed by atoms with Gasteiger partial charge in [-0.05, 0) is 50.7 Å². The Morgan fingerprint density at radius 2 is 1.83 bits per heavy atom. The van der Waals surface area contributed by atoms with Crippen molar-refractivity contribution >= 4 is 17.7 Å². The lowest BCUT2D eigenvalue weighted by atomic mass is 9.70. The third kappa shape index (κ3) is 6.27. The van der Waals surface area contributed by atoms with Gasteiger partial charge in [0.05, 0.1) is 13.0 Å². The van der Waals surface area contributed by atoms with Crippen molar-refractivity contribution in [3.8, 4) is 11.5 Å². The lowest BCUT2D eigenvalue weighted by Crippen LogP contribution is -2.34. The molecule has 1 heterocycles. The molecule has 1 aliphatic rings. The number of benzene rings is 1. The fourth-order valence-electron chi connectivity index (χ4n) is 4.75. The van der Waals surface area contributed by atoms with Crippen LogP contribution in [0.5, 0.6) is 11.5 Å². The minimum Gasteiger partial charge on any atom is -0.493 e. The van der Waals surface area contributed by atoms with Crippen LogP contribution in [0, 0.1) is 25.7 Å². The number of ether oxygens (including phenoxy) is 3. The maximum Gasteiger partial charge on any atom is 0.309 e. The van der Waals surface area contributed by atoms with Crippen molar-refractivity contribution in [3.63, 3.8) is 0 Å². The topological polar surface area (TPSA) is 91.8 Å². The number of pyridine rings is 1. The molecule has 1 aliphatic carbocycles. The lowest BCUT2D eigenvalue weighted by Gasteiger charge is -2.38. The fraction of sp³-hybridized carbons (Fsp3) is 0.500. The first kappa shape index (κ1) is 26.4. The molecule has 0 radical (unpaired) electrons. The molecule has 0 unspecified atom stereocenters. The van der Waals surface area contributed by atoms with Crippen molar-refractivity contribution in [2.75, 3.05) is 7.11 Å². The molecule has 0 bridgehead atoms. The highest BCUT2D eigenvalue weighted by Gasteiger charge is 2.36. The van der Waals surface area contributed by atoms with Crippen LogP contribution >= 0.6 is 0 Å². The number of aryl methyl sites for hydroxylation is 2. The van der Waals surface area contributed by atoms with Crippen molar-refractivity contribution in [2.45, 2.75) is 72.3 Å². The number of carbonyl (C=O) groups excluding carboxylic acids is 3. The molecule has 1 fully saturated rings. The maximum atomic E-state index is 13.0. The van der Waals surface area contributed by atoms with Crippen LogP contribution in [0.1, 0.15) is 79.6 Å². The van der Waals surface area contributed by atoms with Crippen molar-refractivity contribution in [1.82, 2.24) is 4.98 Å². The highest BCUT2D eigenvalue weighted by Crippen LogP contribution is 2.43. The minimum absolute atomic E-state index is 0.0404. The highest BCUT2D eigenvalue weighted by molar-refractivity contribution is 5.99. The third-order valence-corrected chi connectivity index (χ3v) is 6.74. The Kier molecular flexibility index (Phi) is 8.65. The molecule has 188 valence electrons. The molecular formula is C28H35NO6. The van der Waals surface area contributed by atoms with Gasteiger partial charge in [0, 0.05) is 31.5 Å². The number of Topliss-reactive ketones (excluding diaryl/α,β-unsaturated/α-hetero) is 1. The van der Waals surface area contributed by atoms with E-state index in [0.29, 0.717) is 5.92 Å². The molecule has 3 atom stereocenters. The molecule has 7 nitrogen and oxygen atoms in total. The Morgan fingerprint density at radius 1 is 1.11 bits per heavy atom. The lowest BCUT2D eigenvalue weighted by molar-refractivity contribution is -0.154. The number of hydrogen-bond donors (Lipinski definition) is 0. The number of carbonyl (C=O) groups is 3. The Morgan fingerprint density at radius 3 is 2.40 bits per heavy atom. The molecule has 7 heteroatoms. The van der Waals surface area contributed by atoms with Crippen LogP contribution in [0.2, 0.25) is 0 Å². The SMILES string of the molecule is COc1ccnc(C(=O)C[C@@H](C)C(=O)O[C@@H](C)[C@@H](c2ccc(C)cc2C)C2CCC2)c1OC(C)=O. The molecule has 1 aromatic heterocycles. The first-order valence-electron chi connectivity index (χ1n) is 12.1. The van der Waals surface area contributed by atoms with Gasteiger partial charge in [0.2, 0.25) is 5.75 Å². The number of nitrogens with zero attached hydrogens (tertiary/aromatic N) is 1. The molecule has 0 amide bonds. The third-order valence-electron chi connectivity index (χ3n) is 6.74. The monoisotopic (exact) mass is 481 g/mol. The Labute approximate surface area is 207 Å². The van der Waals surface area contributed by atoms with Gasteiger partial charge >= 0.3 is 11.9 Å². The molecule has 2 aromatic rings. The molecule has 0 saturated heterocycles. The number of methoxy groups -OCH3 is 1. The van der Waals surface area contributed by atoms with E-state index in [1.54, 1.807) is 6.92 Å². The predicted octanol–water partition coefficient (Wildman–Crippen LogP) is 5.36. The zero-order chi connectivity index (χ0) is 25.7. The van der Waals surface area contributed by atoms with Gasteiger partial charge in [-0.1, -0.05) is 37.1 Å². The van der Waals surface area contributed by atoms with Gasteiger partial charge in [-0.2, -0.15) is 0 Å². The molecular weight excluding hydrogens is 446 g/mol. The van der Waals surface area contributed by atoms with Crippen LogP contribution < -0.4 is 9.47 Å². The first-order valence-corrected chi connectivity index (χ1v) is 12.1. The molecule has 3 rings (SSSR count). The van der Waals surface area contributed by atoms with E-state index in [4.69, 9.17) is 14.2 Å². The number of esters is 2. The standard InChI is InChI=1S/C28H35NO6/c1-16-10-11-22(17(2)14-16)25(21-8-7-9-21)19(4)34-28(32)18(3)15-23(31)26-27(35-20(5)30)24(33-6)12-13-29-26/h10-14,18-19,21,25H,7-9,15H2,1-6H3/t18-,19+,25-/m1/s1. The van der Waals surface area contributed by atoms with E-state index in [-0.39, 0.29) is 35.6 Å². The van der Waals surface area contributed by atoms with E-state index in [9.17, 15) is 14.4 Å². The van der Waals surface area contributed by atoms with E-state index >= 15 is 0 Å². The summed E-state index contributed by atoms with van der Waals surface area (Å²) in [5, 5.41) is 0. The summed E-state index contributed by atoms with van der Waals surface area (Å²) >= 11 is 0. The van der Waals surface area contributed by atoms with E-state index in [0.717, 1.165) is 12.8 Å². The highest BCUT2D eigenvalue weighted by atomic mass is 16.6. The summed E-state index contributed by atoms with van der Waals surface area (Å²) in [5.74, 6) is -1.38. The predicted molar refractivity (Wildman–Crippen MR) is 132 cm³/mol. The largest absolute Gasteiger partial charge is 0.493 e. The second-order valence-corrected chi connectivity index (χ2v) is 9.53. The number of ketones is 1. The summed E-state index contributed by atoms with van der Waals surface area (Å²) in [4.78, 5) is 41.6. The Hall–Kier alpha value is -3.22. The molecule has 1 aromatic carbocycles. The summed E-state index contributed by atoms with van der Waals surface area (Å²) in [6.45, 7) is 9.01. The van der Waals surface area contributed by atoms with Crippen LogP contribution in [-0.4, -0.2) is 35.9 Å². The second-order valence-electron chi connectivity index (χ2n) is 9.53. The molecule has 1 saturated carbocycles. The quantitative estimate of drug-likeness (QED) is 0.333. The van der Waals surface area contributed by atoms with Crippen molar-refractivity contribution < 1.29 is 28.6 Å². The van der Waals surface area contributed by atoms with Crippen LogP contribution in [0.25, 0.3) is 0 Å². The minimum atomic E-state index is -0.690. The number of rotatable bonds is 10. The zero-order valence-electron chi connectivity index (χ0n) is 21.4. The van der Waals surface area contributed by atoms with Gasteiger partial charge in [-0.15, -0.1) is 0 Å². The van der Waals surface area contributed by atoms with E-state index in [1.165, 1.54) is 49.4 Å². The summed E-state index contributed by atoms with van der Waals surface area (Å²) < 4.78 is 16.3. The van der Waals surface area contributed by atoms with Gasteiger partial charge < -0.3 is 14.2 Å². The number of hydrogen-bond acceptors (Lipinski definition) is 7. The van der Waals surface area contributed by atoms with Gasteiger partial charge in [0.15, 0.2) is 17.2 Å². The van der Waals surface area contributed by atoms with Crippen LogP contribution in [-0.2, 0) is 14.3 Å². The average molecular weight is 482 g/mol. The molecule has 0 aliphatic heterocycles. The van der Waals surface area contributed by atoms with Gasteiger partial charge in [0.25, 0.3) is 0 Å². The van der Waals surface area contributed by atoms with Gasteiger partial charge in [0.1, 0.15) is 6.10 Å². The van der Waals surface area contributed by atoms with Crippen LogP contribution in [0.15, 0.2) is 30.5 Å². The van der Waals surface area contributed by atoms with Crippen molar-refractivity contribution in [2.24, 2.45) is 11.8 Å². The zero-order valence-corrected chi connectivity index (χ0v) is 21.4. The molecule has 0 spiro atoms.